The molecular formula is C19H22ClNO4. The summed E-state index contributed by atoms with van der Waals surface area (Å²) in [6, 6.07) is 11.0. The zero-order chi connectivity index (χ0) is 18.2. The van der Waals surface area contributed by atoms with Gasteiger partial charge in [0, 0.05) is 21.8 Å². The van der Waals surface area contributed by atoms with Gasteiger partial charge in [0.25, 0.3) is 5.91 Å². The van der Waals surface area contributed by atoms with Gasteiger partial charge in [0.1, 0.15) is 5.75 Å². The predicted octanol–water partition coefficient (Wildman–Crippen LogP) is 3.72. The van der Waals surface area contributed by atoms with Crippen molar-refractivity contribution in [2.45, 2.75) is 32.7 Å². The number of carbonyl (C=O) groups is 2. The van der Waals surface area contributed by atoms with Crippen molar-refractivity contribution in [3.63, 3.8) is 0 Å². The maximum absolute atomic E-state index is 11.8. The number of nitrogens with one attached hydrogen (secondary N) is 1. The van der Waals surface area contributed by atoms with E-state index in [0.29, 0.717) is 10.8 Å². The predicted molar refractivity (Wildman–Crippen MR) is 97.9 cm³/mol. The van der Waals surface area contributed by atoms with Crippen LogP contribution in [-0.2, 0) is 14.3 Å². The Morgan fingerprint density at radius 3 is 2.56 bits per heavy atom. The monoisotopic (exact) mass is 363 g/mol. The first-order valence-corrected chi connectivity index (χ1v) is 8.64. The van der Waals surface area contributed by atoms with Crippen LogP contribution in [0.1, 0.15) is 26.7 Å². The van der Waals surface area contributed by atoms with Crippen LogP contribution < -0.4 is 10.1 Å². The van der Waals surface area contributed by atoms with E-state index in [1.807, 2.05) is 38.1 Å². The number of hydrogen-bond donors (Lipinski definition) is 1. The first kappa shape index (κ1) is 19.1. The second-order valence-corrected chi connectivity index (χ2v) is 6.20. The van der Waals surface area contributed by atoms with E-state index in [1.54, 1.807) is 12.1 Å². The van der Waals surface area contributed by atoms with E-state index in [-0.39, 0.29) is 25.2 Å². The lowest BCUT2D eigenvalue weighted by molar-refractivity contribution is -0.150. The van der Waals surface area contributed by atoms with Crippen LogP contribution in [-0.4, -0.2) is 31.1 Å². The standard InChI is InChI=1S/C19H22ClNO4/c1-3-6-13(2)21-18(22)11-25-19(23)12-24-17-10-9-16(20)14-7-4-5-8-15(14)17/h4-5,7-10,13H,3,6,11-12H2,1-2H3,(H,21,22)/t13-/m0/s1. The van der Waals surface area contributed by atoms with Crippen LogP contribution in [0, 0.1) is 0 Å². The number of benzene rings is 2. The Balaban J connectivity index is 1.85. The van der Waals surface area contributed by atoms with Crippen molar-refractivity contribution in [1.82, 2.24) is 5.32 Å². The van der Waals surface area contributed by atoms with Crippen LogP contribution in [0.3, 0.4) is 0 Å². The van der Waals surface area contributed by atoms with Gasteiger partial charge >= 0.3 is 5.97 Å². The highest BCUT2D eigenvalue weighted by atomic mass is 35.5. The molecule has 0 aliphatic carbocycles. The third-order valence-corrected chi connectivity index (χ3v) is 4.00. The molecule has 2 aromatic rings. The molecule has 1 amide bonds. The third kappa shape index (κ3) is 5.64. The van der Waals surface area contributed by atoms with Crippen molar-refractivity contribution >= 4 is 34.2 Å². The molecule has 0 saturated carbocycles. The Kier molecular flexibility index (Phi) is 7.07. The van der Waals surface area contributed by atoms with Crippen molar-refractivity contribution in [3.8, 4) is 5.75 Å². The van der Waals surface area contributed by atoms with Crippen LogP contribution >= 0.6 is 11.6 Å². The van der Waals surface area contributed by atoms with Crippen molar-refractivity contribution in [2.75, 3.05) is 13.2 Å². The Labute approximate surface area is 152 Å². The van der Waals surface area contributed by atoms with Gasteiger partial charge in [-0.2, -0.15) is 0 Å². The quantitative estimate of drug-likeness (QED) is 0.726. The van der Waals surface area contributed by atoms with E-state index in [0.717, 1.165) is 23.6 Å². The fourth-order valence-corrected chi connectivity index (χ4v) is 2.73. The lowest BCUT2D eigenvalue weighted by Crippen LogP contribution is -2.36. The minimum Gasteiger partial charge on any atom is -0.481 e. The zero-order valence-electron chi connectivity index (χ0n) is 14.4. The van der Waals surface area contributed by atoms with Gasteiger partial charge in [-0.1, -0.05) is 49.2 Å². The molecule has 0 radical (unpaired) electrons. The molecule has 0 saturated heterocycles. The largest absolute Gasteiger partial charge is 0.481 e. The van der Waals surface area contributed by atoms with Gasteiger partial charge < -0.3 is 14.8 Å². The van der Waals surface area contributed by atoms with Crippen LogP contribution in [0.2, 0.25) is 5.02 Å². The van der Waals surface area contributed by atoms with Crippen LogP contribution in [0.5, 0.6) is 5.75 Å². The zero-order valence-corrected chi connectivity index (χ0v) is 15.1. The summed E-state index contributed by atoms with van der Waals surface area (Å²) in [6.45, 7) is 3.37. The van der Waals surface area contributed by atoms with E-state index in [2.05, 4.69) is 5.32 Å². The maximum Gasteiger partial charge on any atom is 0.344 e. The molecule has 1 N–H and O–H groups in total. The second kappa shape index (κ2) is 9.28. The highest BCUT2D eigenvalue weighted by Crippen LogP contribution is 2.31. The van der Waals surface area contributed by atoms with Crippen LogP contribution in [0.4, 0.5) is 0 Å². The van der Waals surface area contributed by atoms with E-state index in [1.165, 1.54) is 0 Å². The number of rotatable bonds is 8. The van der Waals surface area contributed by atoms with E-state index < -0.39 is 5.97 Å². The molecule has 0 unspecified atom stereocenters. The van der Waals surface area contributed by atoms with Crippen LogP contribution in [0.25, 0.3) is 10.8 Å². The highest BCUT2D eigenvalue weighted by molar-refractivity contribution is 6.35. The summed E-state index contributed by atoms with van der Waals surface area (Å²) in [5.74, 6) is -0.374. The van der Waals surface area contributed by atoms with E-state index in [9.17, 15) is 9.59 Å². The molecule has 2 aromatic carbocycles. The number of hydrogen-bond acceptors (Lipinski definition) is 4. The van der Waals surface area contributed by atoms with Gasteiger partial charge in [-0.15, -0.1) is 0 Å². The van der Waals surface area contributed by atoms with Gasteiger partial charge in [0.15, 0.2) is 13.2 Å². The summed E-state index contributed by atoms with van der Waals surface area (Å²) in [5.41, 5.74) is 0. The topological polar surface area (TPSA) is 64.6 Å². The normalized spacial score (nSPS) is 11.8. The molecule has 134 valence electrons. The van der Waals surface area contributed by atoms with Gasteiger partial charge in [0.05, 0.1) is 0 Å². The maximum atomic E-state index is 11.8. The minimum absolute atomic E-state index is 0.0629. The molecule has 0 aromatic heterocycles. The van der Waals surface area contributed by atoms with Crippen molar-refractivity contribution < 1.29 is 19.1 Å². The van der Waals surface area contributed by atoms with Gasteiger partial charge in [0.2, 0.25) is 0 Å². The Morgan fingerprint density at radius 1 is 1.12 bits per heavy atom. The molecule has 25 heavy (non-hydrogen) atoms. The van der Waals surface area contributed by atoms with E-state index in [4.69, 9.17) is 21.1 Å². The first-order chi connectivity index (χ1) is 12.0. The number of esters is 1. The molecule has 0 aliphatic rings. The summed E-state index contributed by atoms with van der Waals surface area (Å²) in [4.78, 5) is 23.5. The highest BCUT2D eigenvalue weighted by Gasteiger charge is 2.12. The fraction of sp³-hybridized carbons (Fsp3) is 0.368. The average molecular weight is 364 g/mol. The number of amides is 1. The van der Waals surface area contributed by atoms with Gasteiger partial charge in [-0.05, 0) is 25.5 Å². The first-order valence-electron chi connectivity index (χ1n) is 8.26. The molecule has 6 heteroatoms. The lowest BCUT2D eigenvalue weighted by atomic mass is 10.1. The molecule has 0 bridgehead atoms. The third-order valence-electron chi connectivity index (χ3n) is 3.67. The number of ether oxygens (including phenoxy) is 2. The summed E-state index contributed by atoms with van der Waals surface area (Å²) < 4.78 is 10.5. The van der Waals surface area contributed by atoms with Crippen molar-refractivity contribution in [1.29, 1.82) is 0 Å². The number of halogens is 1. The molecule has 0 spiro atoms. The molecule has 0 aliphatic heterocycles. The van der Waals surface area contributed by atoms with Crippen molar-refractivity contribution in [2.24, 2.45) is 0 Å². The molecule has 2 rings (SSSR count). The molecule has 5 nitrogen and oxygen atoms in total. The number of fused-ring (bicyclic) bond motifs is 1. The Morgan fingerprint density at radius 2 is 1.84 bits per heavy atom. The average Bonchev–Trinajstić information content (AvgIpc) is 2.60. The van der Waals surface area contributed by atoms with Gasteiger partial charge in [-0.25, -0.2) is 4.79 Å². The summed E-state index contributed by atoms with van der Waals surface area (Å²) in [6.07, 6.45) is 1.86. The van der Waals surface area contributed by atoms with Gasteiger partial charge in [-0.3, -0.25) is 4.79 Å². The molecule has 1 atom stereocenters. The Hall–Kier alpha value is -2.27. The molecule has 0 fully saturated rings. The minimum atomic E-state index is -0.600. The SMILES string of the molecule is CCC[C@H](C)NC(=O)COC(=O)COc1ccc(Cl)c2ccccc12. The smallest absolute Gasteiger partial charge is 0.344 e. The molecule has 0 heterocycles. The second-order valence-electron chi connectivity index (χ2n) is 5.80. The summed E-state index contributed by atoms with van der Waals surface area (Å²) in [5, 5.41) is 5.04. The van der Waals surface area contributed by atoms with E-state index >= 15 is 0 Å². The summed E-state index contributed by atoms with van der Waals surface area (Å²) >= 11 is 6.15. The Bertz CT molecular complexity index is 747. The number of carbonyl (C=O) groups excluding carboxylic acids is 2. The van der Waals surface area contributed by atoms with Crippen LogP contribution in [0.15, 0.2) is 36.4 Å². The summed E-state index contributed by atoms with van der Waals surface area (Å²) in [7, 11) is 0. The molecular weight excluding hydrogens is 342 g/mol. The van der Waals surface area contributed by atoms with Crippen molar-refractivity contribution in [3.05, 3.63) is 41.4 Å². The lowest BCUT2D eigenvalue weighted by Gasteiger charge is -2.13. The fourth-order valence-electron chi connectivity index (χ4n) is 2.51.